The fraction of sp³-hybridized carbons (Fsp3) is 0.611. The lowest BCUT2D eigenvalue weighted by molar-refractivity contribution is -0.117. The van der Waals surface area contributed by atoms with Gasteiger partial charge in [0.2, 0.25) is 5.91 Å². The van der Waals surface area contributed by atoms with Gasteiger partial charge in [0.1, 0.15) is 0 Å². The predicted molar refractivity (Wildman–Crippen MR) is 104 cm³/mol. The van der Waals surface area contributed by atoms with E-state index in [1.165, 1.54) is 31.5 Å². The number of hydrogen-bond acceptors (Lipinski definition) is 3. The first-order valence-corrected chi connectivity index (χ1v) is 8.61. The van der Waals surface area contributed by atoms with Gasteiger partial charge in [-0.1, -0.05) is 12.1 Å². The smallest absolute Gasteiger partial charge is 0.224 e. The molecule has 2 N–H and O–H groups in total. The molecule has 4 nitrogen and oxygen atoms in total. The van der Waals surface area contributed by atoms with Crippen LogP contribution in [-0.2, 0) is 11.3 Å². The molecule has 24 heavy (non-hydrogen) atoms. The second kappa shape index (κ2) is 10.9. The second-order valence-electron chi connectivity index (χ2n) is 6.63. The number of halogens is 2. The van der Waals surface area contributed by atoms with Gasteiger partial charge in [-0.2, -0.15) is 0 Å². The van der Waals surface area contributed by atoms with E-state index in [2.05, 4.69) is 27.7 Å². The number of piperidine rings is 1. The van der Waals surface area contributed by atoms with Crippen LogP contribution in [0, 0.1) is 5.92 Å². The van der Waals surface area contributed by atoms with Gasteiger partial charge in [-0.25, -0.2) is 0 Å². The Kier molecular flexibility index (Phi) is 9.67. The molecule has 1 amide bonds. The molecule has 2 aliphatic heterocycles. The zero-order valence-corrected chi connectivity index (χ0v) is 15.8. The predicted octanol–water partition coefficient (Wildman–Crippen LogP) is 3.45. The summed E-state index contributed by atoms with van der Waals surface area (Å²) in [5.74, 6) is 0.694. The van der Waals surface area contributed by atoms with Gasteiger partial charge in [-0.05, 0) is 75.5 Å². The minimum absolute atomic E-state index is 0. The highest BCUT2D eigenvalue weighted by Gasteiger charge is 2.17. The zero-order chi connectivity index (χ0) is 15.2. The second-order valence-corrected chi connectivity index (χ2v) is 6.63. The van der Waals surface area contributed by atoms with Crippen molar-refractivity contribution in [2.75, 3.05) is 31.5 Å². The molecule has 0 unspecified atom stereocenters. The van der Waals surface area contributed by atoms with Crippen molar-refractivity contribution >= 4 is 36.4 Å². The lowest BCUT2D eigenvalue weighted by Crippen LogP contribution is -2.30. The summed E-state index contributed by atoms with van der Waals surface area (Å²) in [6, 6.07) is 8.32. The summed E-state index contributed by atoms with van der Waals surface area (Å²) in [6.07, 6.45) is 5.50. The lowest BCUT2D eigenvalue weighted by Gasteiger charge is -2.22. The van der Waals surface area contributed by atoms with E-state index in [0.717, 1.165) is 38.2 Å². The molecule has 1 aromatic rings. The molecular weight excluding hydrogens is 345 g/mol. The molecule has 0 aromatic heterocycles. The average molecular weight is 374 g/mol. The zero-order valence-electron chi connectivity index (χ0n) is 14.1. The number of nitrogens with one attached hydrogen (secondary N) is 2. The highest BCUT2D eigenvalue weighted by molar-refractivity contribution is 5.90. The van der Waals surface area contributed by atoms with E-state index in [-0.39, 0.29) is 30.7 Å². The first-order valence-electron chi connectivity index (χ1n) is 8.61. The number of carbonyl (C=O) groups excluding carboxylic acids is 1. The van der Waals surface area contributed by atoms with Gasteiger partial charge in [0.25, 0.3) is 0 Å². The third kappa shape index (κ3) is 6.60. The van der Waals surface area contributed by atoms with Gasteiger partial charge in [0.05, 0.1) is 0 Å². The summed E-state index contributed by atoms with van der Waals surface area (Å²) in [4.78, 5) is 14.7. The summed E-state index contributed by atoms with van der Waals surface area (Å²) >= 11 is 0. The van der Waals surface area contributed by atoms with Crippen LogP contribution >= 0.6 is 24.8 Å². The van der Waals surface area contributed by atoms with Gasteiger partial charge in [-0.3, -0.25) is 9.69 Å². The third-order valence-electron chi connectivity index (χ3n) is 4.75. The van der Waals surface area contributed by atoms with E-state index < -0.39 is 0 Å². The Morgan fingerprint density at radius 1 is 1.17 bits per heavy atom. The van der Waals surface area contributed by atoms with Gasteiger partial charge in [-0.15, -0.1) is 24.8 Å². The Balaban J connectivity index is 0.00000144. The number of rotatable bonds is 5. The van der Waals surface area contributed by atoms with Crippen LogP contribution in [0.5, 0.6) is 0 Å². The van der Waals surface area contributed by atoms with Crippen molar-refractivity contribution in [1.29, 1.82) is 0 Å². The molecule has 2 saturated heterocycles. The van der Waals surface area contributed by atoms with Crippen LogP contribution in [0.3, 0.4) is 0 Å². The molecule has 0 radical (unpaired) electrons. The number of nitrogens with zero attached hydrogens (tertiary/aromatic N) is 1. The van der Waals surface area contributed by atoms with Gasteiger partial charge < -0.3 is 10.6 Å². The van der Waals surface area contributed by atoms with Crippen LogP contribution in [0.2, 0.25) is 0 Å². The lowest BCUT2D eigenvalue weighted by atomic mass is 9.94. The number of benzene rings is 1. The molecule has 1 aromatic carbocycles. The summed E-state index contributed by atoms with van der Waals surface area (Å²) < 4.78 is 0. The standard InChI is InChI=1S/C18H27N3O.2ClH/c22-18(13-15-6-8-19-9-7-15)20-17-5-3-4-16(12-17)14-21-10-1-2-11-21;;/h3-5,12,15,19H,1-2,6-11,13-14H2,(H,20,22);2*1H. The molecule has 0 aliphatic carbocycles. The van der Waals surface area contributed by atoms with Crippen molar-refractivity contribution in [3.05, 3.63) is 29.8 Å². The minimum Gasteiger partial charge on any atom is -0.326 e. The van der Waals surface area contributed by atoms with E-state index in [1.54, 1.807) is 0 Å². The number of amides is 1. The molecule has 6 heteroatoms. The van der Waals surface area contributed by atoms with E-state index >= 15 is 0 Å². The Morgan fingerprint density at radius 3 is 2.58 bits per heavy atom. The number of hydrogen-bond donors (Lipinski definition) is 2. The van der Waals surface area contributed by atoms with Crippen molar-refractivity contribution in [1.82, 2.24) is 10.2 Å². The highest BCUT2D eigenvalue weighted by Crippen LogP contribution is 2.19. The molecular formula is C18H29Cl2N3O. The normalized spacial score (nSPS) is 18.5. The number of carbonyl (C=O) groups is 1. The first-order chi connectivity index (χ1) is 10.8. The number of anilines is 1. The van der Waals surface area contributed by atoms with Crippen LogP contribution in [0.4, 0.5) is 5.69 Å². The maximum atomic E-state index is 12.2. The van der Waals surface area contributed by atoms with E-state index in [4.69, 9.17) is 0 Å². The Labute approximate surface area is 157 Å². The van der Waals surface area contributed by atoms with Crippen LogP contribution < -0.4 is 10.6 Å². The molecule has 0 spiro atoms. The van der Waals surface area contributed by atoms with Crippen LogP contribution in [0.25, 0.3) is 0 Å². The van der Waals surface area contributed by atoms with Crippen molar-refractivity contribution in [3.63, 3.8) is 0 Å². The van der Waals surface area contributed by atoms with E-state index in [1.807, 2.05) is 12.1 Å². The van der Waals surface area contributed by atoms with Crippen molar-refractivity contribution in [2.24, 2.45) is 5.92 Å². The Morgan fingerprint density at radius 2 is 1.88 bits per heavy atom. The van der Waals surface area contributed by atoms with Gasteiger partial charge in [0, 0.05) is 18.7 Å². The van der Waals surface area contributed by atoms with Crippen LogP contribution in [0.1, 0.15) is 37.7 Å². The van der Waals surface area contributed by atoms with Crippen molar-refractivity contribution < 1.29 is 4.79 Å². The fourth-order valence-corrected chi connectivity index (χ4v) is 3.51. The molecule has 0 saturated carbocycles. The molecule has 136 valence electrons. The molecule has 2 aliphatic rings. The Bertz CT molecular complexity index is 501. The maximum absolute atomic E-state index is 12.2. The van der Waals surface area contributed by atoms with Gasteiger partial charge >= 0.3 is 0 Å². The molecule has 3 rings (SSSR count). The minimum atomic E-state index is 0. The summed E-state index contributed by atoms with van der Waals surface area (Å²) in [6.45, 7) is 5.49. The summed E-state index contributed by atoms with van der Waals surface area (Å²) in [5.41, 5.74) is 2.23. The van der Waals surface area contributed by atoms with Crippen molar-refractivity contribution in [3.8, 4) is 0 Å². The summed E-state index contributed by atoms with van der Waals surface area (Å²) in [5, 5.41) is 6.42. The van der Waals surface area contributed by atoms with E-state index in [0.29, 0.717) is 12.3 Å². The molecule has 2 fully saturated rings. The number of likely N-dealkylation sites (tertiary alicyclic amines) is 1. The van der Waals surface area contributed by atoms with Crippen LogP contribution in [-0.4, -0.2) is 37.0 Å². The third-order valence-corrected chi connectivity index (χ3v) is 4.75. The van der Waals surface area contributed by atoms with Gasteiger partial charge in [0.15, 0.2) is 0 Å². The first kappa shape index (κ1) is 21.2. The Hall–Kier alpha value is -0.810. The largest absolute Gasteiger partial charge is 0.326 e. The molecule has 0 bridgehead atoms. The summed E-state index contributed by atoms with van der Waals surface area (Å²) in [7, 11) is 0. The molecule has 2 heterocycles. The van der Waals surface area contributed by atoms with Crippen LogP contribution in [0.15, 0.2) is 24.3 Å². The van der Waals surface area contributed by atoms with Crippen molar-refractivity contribution in [2.45, 2.75) is 38.6 Å². The highest BCUT2D eigenvalue weighted by atomic mass is 35.5. The topological polar surface area (TPSA) is 44.4 Å². The monoisotopic (exact) mass is 373 g/mol. The average Bonchev–Trinajstić information content (AvgIpc) is 3.01. The quantitative estimate of drug-likeness (QED) is 0.830. The molecule has 0 atom stereocenters. The SMILES string of the molecule is Cl.Cl.O=C(CC1CCNCC1)Nc1cccc(CN2CCCC2)c1. The maximum Gasteiger partial charge on any atom is 0.224 e. The van der Waals surface area contributed by atoms with E-state index in [9.17, 15) is 4.79 Å². The fourth-order valence-electron chi connectivity index (χ4n) is 3.51.